The van der Waals surface area contributed by atoms with Crippen LogP contribution in [0.1, 0.15) is 19.8 Å². The summed E-state index contributed by atoms with van der Waals surface area (Å²) in [6.45, 7) is 3.14. The van der Waals surface area contributed by atoms with E-state index < -0.39 is 0 Å². The molecule has 0 aliphatic carbocycles. The van der Waals surface area contributed by atoms with Gasteiger partial charge in [-0.2, -0.15) is 5.48 Å². The maximum absolute atomic E-state index is 13.5. The molecule has 0 fully saturated rings. The van der Waals surface area contributed by atoms with Crippen LogP contribution in [0.5, 0.6) is 5.75 Å². The standard InChI is InChI=1S/C26H27FN2O2S/c1-4-5-15-29(32-3)23-17-24-22(16-21(23)18-9-7-6-8-10-18)26(31-28-2)25(30-24)19-11-13-20(27)14-12-19/h6-14,16-17,28H,4-5,15H2,1-3H3. The Morgan fingerprint density at radius 2 is 1.78 bits per heavy atom. The molecule has 6 heteroatoms. The molecule has 0 amide bonds. The smallest absolute Gasteiger partial charge is 0.201 e. The van der Waals surface area contributed by atoms with Crippen LogP contribution in [-0.4, -0.2) is 19.8 Å². The van der Waals surface area contributed by atoms with E-state index in [0.717, 1.165) is 52.7 Å². The number of fused-ring (bicyclic) bond motifs is 1. The number of nitrogens with zero attached hydrogens (tertiary/aromatic N) is 1. The van der Waals surface area contributed by atoms with Gasteiger partial charge in [0.05, 0.1) is 11.1 Å². The number of benzene rings is 3. The van der Waals surface area contributed by atoms with E-state index >= 15 is 0 Å². The van der Waals surface area contributed by atoms with E-state index in [0.29, 0.717) is 11.5 Å². The van der Waals surface area contributed by atoms with Crippen molar-refractivity contribution in [3.05, 3.63) is 72.5 Å². The van der Waals surface area contributed by atoms with Gasteiger partial charge in [-0.3, -0.25) is 0 Å². The van der Waals surface area contributed by atoms with E-state index in [9.17, 15) is 4.39 Å². The molecule has 1 N–H and O–H groups in total. The summed E-state index contributed by atoms with van der Waals surface area (Å²) in [5, 5.41) is 0.859. The molecule has 0 saturated carbocycles. The number of anilines is 1. The second kappa shape index (κ2) is 10.1. The molecule has 4 rings (SSSR count). The molecule has 0 atom stereocenters. The molecule has 0 aliphatic rings. The molecule has 166 valence electrons. The Bertz CT molecular complexity index is 1180. The first-order valence-electron chi connectivity index (χ1n) is 10.7. The first-order valence-corrected chi connectivity index (χ1v) is 11.9. The van der Waals surface area contributed by atoms with Gasteiger partial charge in [-0.1, -0.05) is 55.6 Å². The molecule has 32 heavy (non-hydrogen) atoms. The zero-order valence-electron chi connectivity index (χ0n) is 18.5. The molecule has 0 spiro atoms. The Morgan fingerprint density at radius 3 is 2.44 bits per heavy atom. The monoisotopic (exact) mass is 450 g/mol. The van der Waals surface area contributed by atoms with Crippen molar-refractivity contribution in [1.82, 2.24) is 5.48 Å². The number of halogens is 1. The molecule has 0 bridgehead atoms. The first kappa shape index (κ1) is 22.2. The van der Waals surface area contributed by atoms with E-state index in [-0.39, 0.29) is 5.82 Å². The van der Waals surface area contributed by atoms with Crippen molar-refractivity contribution in [2.24, 2.45) is 0 Å². The maximum atomic E-state index is 13.5. The summed E-state index contributed by atoms with van der Waals surface area (Å²) in [7, 11) is 1.71. The van der Waals surface area contributed by atoms with Gasteiger partial charge in [-0.25, -0.2) is 4.39 Å². The minimum Gasteiger partial charge on any atom is -0.452 e. The molecule has 3 aromatic carbocycles. The van der Waals surface area contributed by atoms with Crippen molar-refractivity contribution in [3.63, 3.8) is 0 Å². The van der Waals surface area contributed by atoms with Gasteiger partial charge in [0.15, 0.2) is 5.76 Å². The third-order valence-electron chi connectivity index (χ3n) is 5.36. The van der Waals surface area contributed by atoms with Crippen molar-refractivity contribution < 1.29 is 13.6 Å². The highest BCUT2D eigenvalue weighted by molar-refractivity contribution is 8.00. The predicted octanol–water partition coefficient (Wildman–Crippen LogP) is 7.30. The second-order valence-corrected chi connectivity index (χ2v) is 8.25. The van der Waals surface area contributed by atoms with E-state index in [1.54, 1.807) is 31.1 Å². The molecule has 4 aromatic rings. The van der Waals surface area contributed by atoms with Gasteiger partial charge in [-0.05, 0) is 42.3 Å². The Morgan fingerprint density at radius 1 is 1.03 bits per heavy atom. The minimum absolute atomic E-state index is 0.291. The SMILES string of the molecule is CCCCN(SC)c1cc2oc(-c3ccc(F)cc3)c(ONC)c2cc1-c1ccccc1. The number of hydroxylamine groups is 1. The summed E-state index contributed by atoms with van der Waals surface area (Å²) in [5.41, 5.74) is 7.58. The Labute approximate surface area is 192 Å². The summed E-state index contributed by atoms with van der Waals surface area (Å²) < 4.78 is 22.1. The molecule has 0 radical (unpaired) electrons. The number of furan rings is 1. The summed E-state index contributed by atoms with van der Waals surface area (Å²) in [5.74, 6) is 0.859. The van der Waals surface area contributed by atoms with Crippen LogP contribution in [0.25, 0.3) is 33.4 Å². The van der Waals surface area contributed by atoms with E-state index in [2.05, 4.69) is 47.2 Å². The molecular weight excluding hydrogens is 423 g/mol. The topological polar surface area (TPSA) is 37.6 Å². The fourth-order valence-corrected chi connectivity index (χ4v) is 4.43. The van der Waals surface area contributed by atoms with Gasteiger partial charge < -0.3 is 13.6 Å². The number of nitrogens with one attached hydrogen (secondary N) is 1. The van der Waals surface area contributed by atoms with Crippen LogP contribution in [0.2, 0.25) is 0 Å². The van der Waals surface area contributed by atoms with Gasteiger partial charge in [-0.15, -0.1) is 0 Å². The molecule has 0 aliphatic heterocycles. The van der Waals surface area contributed by atoms with Crippen LogP contribution in [0.15, 0.2) is 71.1 Å². The lowest BCUT2D eigenvalue weighted by Gasteiger charge is -2.24. The highest BCUT2D eigenvalue weighted by Gasteiger charge is 2.22. The van der Waals surface area contributed by atoms with Gasteiger partial charge in [0.25, 0.3) is 0 Å². The van der Waals surface area contributed by atoms with E-state index in [4.69, 9.17) is 9.25 Å². The third kappa shape index (κ3) is 4.47. The fraction of sp³-hybridized carbons (Fsp3) is 0.231. The number of hydrogen-bond donors (Lipinski definition) is 1. The van der Waals surface area contributed by atoms with Crippen molar-refractivity contribution in [3.8, 4) is 28.2 Å². The number of hydrogen-bond acceptors (Lipinski definition) is 5. The normalized spacial score (nSPS) is 11.1. The van der Waals surface area contributed by atoms with Gasteiger partial charge in [0, 0.05) is 37.0 Å². The van der Waals surface area contributed by atoms with Crippen molar-refractivity contribution in [1.29, 1.82) is 0 Å². The number of rotatable bonds is 9. The predicted molar refractivity (Wildman–Crippen MR) is 133 cm³/mol. The van der Waals surface area contributed by atoms with Gasteiger partial charge >= 0.3 is 0 Å². The molecular formula is C26H27FN2O2S. The average Bonchev–Trinajstić information content (AvgIpc) is 3.18. The highest BCUT2D eigenvalue weighted by atomic mass is 32.2. The highest BCUT2D eigenvalue weighted by Crippen LogP contribution is 2.45. The summed E-state index contributed by atoms with van der Waals surface area (Å²) >= 11 is 1.71. The second-order valence-electron chi connectivity index (χ2n) is 7.44. The summed E-state index contributed by atoms with van der Waals surface area (Å²) in [4.78, 5) is 5.80. The van der Waals surface area contributed by atoms with Gasteiger partial charge in [0.1, 0.15) is 11.4 Å². The summed E-state index contributed by atoms with van der Waals surface area (Å²) in [6, 6.07) is 20.8. The van der Waals surface area contributed by atoms with Crippen LogP contribution >= 0.6 is 11.9 Å². The van der Waals surface area contributed by atoms with Crippen molar-refractivity contribution in [2.45, 2.75) is 19.8 Å². The zero-order chi connectivity index (χ0) is 22.5. The van der Waals surface area contributed by atoms with Crippen molar-refractivity contribution in [2.75, 3.05) is 24.2 Å². The van der Waals surface area contributed by atoms with Gasteiger partial charge in [0.2, 0.25) is 5.75 Å². The Hall–Kier alpha value is -2.96. The third-order valence-corrected chi connectivity index (χ3v) is 6.18. The lowest BCUT2D eigenvalue weighted by Crippen LogP contribution is -2.16. The van der Waals surface area contributed by atoms with Crippen LogP contribution in [0, 0.1) is 5.82 Å². The van der Waals surface area contributed by atoms with E-state index in [1.807, 2.05) is 18.2 Å². The van der Waals surface area contributed by atoms with Crippen LogP contribution in [-0.2, 0) is 0 Å². The Kier molecular flexibility index (Phi) is 7.02. The lowest BCUT2D eigenvalue weighted by atomic mass is 10.0. The quantitative estimate of drug-likeness (QED) is 0.214. The van der Waals surface area contributed by atoms with Crippen LogP contribution in [0.4, 0.5) is 10.1 Å². The number of unbranched alkanes of at least 4 members (excludes halogenated alkanes) is 1. The van der Waals surface area contributed by atoms with Crippen molar-refractivity contribution >= 4 is 28.6 Å². The molecule has 4 nitrogen and oxygen atoms in total. The first-order chi connectivity index (χ1) is 15.7. The largest absolute Gasteiger partial charge is 0.452 e. The fourth-order valence-electron chi connectivity index (χ4n) is 3.77. The van der Waals surface area contributed by atoms with Crippen LogP contribution in [0.3, 0.4) is 0 Å². The molecule has 1 aromatic heterocycles. The maximum Gasteiger partial charge on any atom is 0.201 e. The molecule has 1 heterocycles. The zero-order valence-corrected chi connectivity index (χ0v) is 19.3. The van der Waals surface area contributed by atoms with E-state index in [1.165, 1.54) is 12.1 Å². The lowest BCUT2D eigenvalue weighted by molar-refractivity contribution is 0.226. The molecule has 0 unspecified atom stereocenters. The molecule has 0 saturated heterocycles. The Balaban J connectivity index is 1.95. The minimum atomic E-state index is -0.291. The average molecular weight is 451 g/mol. The summed E-state index contributed by atoms with van der Waals surface area (Å²) in [6.07, 6.45) is 4.31. The van der Waals surface area contributed by atoms with Crippen LogP contribution < -0.4 is 14.6 Å².